The van der Waals surface area contributed by atoms with Gasteiger partial charge in [-0.25, -0.2) is 9.36 Å². The summed E-state index contributed by atoms with van der Waals surface area (Å²) >= 11 is 5.87. The summed E-state index contributed by atoms with van der Waals surface area (Å²) in [6, 6.07) is 15.3. The summed E-state index contributed by atoms with van der Waals surface area (Å²) in [6.45, 7) is 0.0163. The molecule has 7 nitrogen and oxygen atoms in total. The molecule has 0 aliphatic rings. The van der Waals surface area contributed by atoms with Crippen LogP contribution in [0.15, 0.2) is 58.1 Å². The number of benzene rings is 2. The van der Waals surface area contributed by atoms with E-state index in [2.05, 4.69) is 5.10 Å². The first-order chi connectivity index (χ1) is 12.5. The number of rotatable bonds is 4. The van der Waals surface area contributed by atoms with Crippen molar-refractivity contribution in [2.45, 2.75) is 6.54 Å². The second kappa shape index (κ2) is 7.25. The van der Waals surface area contributed by atoms with Crippen molar-refractivity contribution < 1.29 is 4.74 Å². The Morgan fingerprint density at radius 1 is 1.15 bits per heavy atom. The maximum Gasteiger partial charge on any atom is 0.352 e. The van der Waals surface area contributed by atoms with Crippen molar-refractivity contribution in [1.82, 2.24) is 14.3 Å². The number of para-hydroxylation sites is 1. The summed E-state index contributed by atoms with van der Waals surface area (Å²) in [5, 5.41) is 13.8. The summed E-state index contributed by atoms with van der Waals surface area (Å²) in [5.74, 6) is -0.244. The van der Waals surface area contributed by atoms with Crippen LogP contribution in [0.25, 0.3) is 5.69 Å². The largest absolute Gasteiger partial charge is 0.476 e. The predicted octanol–water partition coefficient (Wildman–Crippen LogP) is 1.98. The van der Waals surface area contributed by atoms with E-state index in [0.717, 1.165) is 9.25 Å². The van der Waals surface area contributed by atoms with E-state index in [1.54, 1.807) is 48.5 Å². The molecule has 0 saturated heterocycles. The Labute approximate surface area is 153 Å². The molecule has 0 radical (unpaired) electrons. The SMILES string of the molecule is COc1nn(-c2ccccc2C#N)c(=O)n(Cc2ccc(Cl)cc2)c1=O. The van der Waals surface area contributed by atoms with Crippen molar-refractivity contribution >= 4 is 11.6 Å². The second-order valence-corrected chi connectivity index (χ2v) is 5.79. The highest BCUT2D eigenvalue weighted by molar-refractivity contribution is 6.30. The zero-order valence-electron chi connectivity index (χ0n) is 13.7. The van der Waals surface area contributed by atoms with Crippen LogP contribution in [0.3, 0.4) is 0 Å². The summed E-state index contributed by atoms with van der Waals surface area (Å²) in [7, 11) is 1.29. The molecule has 0 N–H and O–H groups in total. The van der Waals surface area contributed by atoms with E-state index in [4.69, 9.17) is 16.3 Å². The number of hydrogen-bond donors (Lipinski definition) is 0. The van der Waals surface area contributed by atoms with E-state index in [9.17, 15) is 14.9 Å². The van der Waals surface area contributed by atoms with Gasteiger partial charge in [0.25, 0.3) is 5.88 Å². The van der Waals surface area contributed by atoms with Gasteiger partial charge in [-0.05, 0) is 29.8 Å². The normalized spacial score (nSPS) is 10.3. The van der Waals surface area contributed by atoms with Crippen LogP contribution in [-0.4, -0.2) is 21.5 Å². The second-order valence-electron chi connectivity index (χ2n) is 5.35. The summed E-state index contributed by atoms with van der Waals surface area (Å²) in [6.07, 6.45) is 0. The molecule has 3 aromatic rings. The first-order valence-corrected chi connectivity index (χ1v) is 7.95. The maximum absolute atomic E-state index is 12.9. The van der Waals surface area contributed by atoms with Gasteiger partial charge in [0.15, 0.2) is 0 Å². The van der Waals surface area contributed by atoms with Crippen molar-refractivity contribution in [1.29, 1.82) is 5.26 Å². The predicted molar refractivity (Wildman–Crippen MR) is 95.9 cm³/mol. The lowest BCUT2D eigenvalue weighted by atomic mass is 10.2. The van der Waals surface area contributed by atoms with Gasteiger partial charge in [0.05, 0.1) is 24.9 Å². The molecule has 130 valence electrons. The molecule has 2 aromatic carbocycles. The zero-order chi connectivity index (χ0) is 18.7. The molecule has 1 heterocycles. The number of methoxy groups -OCH3 is 1. The average molecular weight is 369 g/mol. The van der Waals surface area contributed by atoms with Gasteiger partial charge in [-0.3, -0.25) is 4.79 Å². The lowest BCUT2D eigenvalue weighted by molar-refractivity contribution is 0.367. The molecule has 1 aromatic heterocycles. The number of nitriles is 1. The molecule has 0 unspecified atom stereocenters. The van der Waals surface area contributed by atoms with E-state index in [0.29, 0.717) is 10.6 Å². The maximum atomic E-state index is 12.9. The van der Waals surface area contributed by atoms with Crippen molar-refractivity contribution in [2.24, 2.45) is 0 Å². The minimum atomic E-state index is -0.673. The highest BCUT2D eigenvalue weighted by Crippen LogP contribution is 2.12. The fourth-order valence-electron chi connectivity index (χ4n) is 2.44. The van der Waals surface area contributed by atoms with Crippen LogP contribution >= 0.6 is 11.6 Å². The third-order valence-electron chi connectivity index (χ3n) is 3.73. The van der Waals surface area contributed by atoms with Gasteiger partial charge in [-0.2, -0.15) is 9.94 Å². The Morgan fingerprint density at radius 2 is 1.85 bits per heavy atom. The lowest BCUT2D eigenvalue weighted by Crippen LogP contribution is -2.41. The quantitative estimate of drug-likeness (QED) is 0.702. The molecule has 0 saturated carbocycles. The first-order valence-electron chi connectivity index (χ1n) is 7.57. The van der Waals surface area contributed by atoms with Crippen LogP contribution in [0, 0.1) is 11.3 Å². The van der Waals surface area contributed by atoms with E-state index in [-0.39, 0.29) is 23.7 Å². The summed E-state index contributed by atoms with van der Waals surface area (Å²) in [4.78, 5) is 25.4. The van der Waals surface area contributed by atoms with E-state index >= 15 is 0 Å². The van der Waals surface area contributed by atoms with Gasteiger partial charge < -0.3 is 4.74 Å². The third kappa shape index (κ3) is 3.23. The van der Waals surface area contributed by atoms with Gasteiger partial charge in [0.1, 0.15) is 6.07 Å². The molecule has 0 aliphatic heterocycles. The molecule has 26 heavy (non-hydrogen) atoms. The number of aromatic nitrogens is 3. The fourth-order valence-corrected chi connectivity index (χ4v) is 2.57. The minimum absolute atomic E-state index is 0.0163. The highest BCUT2D eigenvalue weighted by atomic mass is 35.5. The van der Waals surface area contributed by atoms with E-state index < -0.39 is 11.2 Å². The molecule has 0 atom stereocenters. The molecule has 0 bridgehead atoms. The third-order valence-corrected chi connectivity index (χ3v) is 3.98. The number of ether oxygens (including phenoxy) is 1. The molecule has 8 heteroatoms. The van der Waals surface area contributed by atoms with E-state index in [1.165, 1.54) is 7.11 Å². The van der Waals surface area contributed by atoms with Crippen LogP contribution in [0.5, 0.6) is 5.88 Å². The standard InChI is InChI=1S/C18H13ClN4O3/c1-26-16-17(24)22(11-12-6-8-14(19)9-7-12)18(25)23(21-16)15-5-3-2-4-13(15)10-20/h2-9H,11H2,1H3. The molecule has 0 amide bonds. The molecule has 0 fully saturated rings. The molecule has 0 aliphatic carbocycles. The van der Waals surface area contributed by atoms with Crippen molar-refractivity contribution in [3.63, 3.8) is 0 Å². The van der Waals surface area contributed by atoms with Gasteiger partial charge in [-0.1, -0.05) is 35.9 Å². The number of halogens is 1. The van der Waals surface area contributed by atoms with Gasteiger partial charge >= 0.3 is 11.2 Å². The number of nitrogens with zero attached hydrogens (tertiary/aromatic N) is 4. The molecule has 3 rings (SSSR count). The van der Waals surface area contributed by atoms with Crippen LogP contribution in [-0.2, 0) is 6.54 Å². The average Bonchev–Trinajstić information content (AvgIpc) is 2.67. The van der Waals surface area contributed by atoms with Crippen LogP contribution in [0.1, 0.15) is 11.1 Å². The van der Waals surface area contributed by atoms with Gasteiger partial charge in [0.2, 0.25) is 0 Å². The zero-order valence-corrected chi connectivity index (χ0v) is 14.5. The van der Waals surface area contributed by atoms with Crippen molar-refractivity contribution in [3.05, 3.63) is 85.5 Å². The minimum Gasteiger partial charge on any atom is -0.476 e. The Balaban J connectivity index is 2.22. The summed E-state index contributed by atoms with van der Waals surface area (Å²) in [5.41, 5.74) is -0.0995. The van der Waals surface area contributed by atoms with Crippen LogP contribution < -0.4 is 16.0 Å². The Kier molecular flexibility index (Phi) is 4.87. The topological polar surface area (TPSA) is 89.9 Å². The van der Waals surface area contributed by atoms with Crippen molar-refractivity contribution in [2.75, 3.05) is 7.11 Å². The Bertz CT molecular complexity index is 1110. The monoisotopic (exact) mass is 368 g/mol. The van der Waals surface area contributed by atoms with E-state index in [1.807, 2.05) is 6.07 Å². The first kappa shape index (κ1) is 17.5. The highest BCUT2D eigenvalue weighted by Gasteiger charge is 2.17. The number of hydrogen-bond acceptors (Lipinski definition) is 5. The smallest absolute Gasteiger partial charge is 0.352 e. The van der Waals surface area contributed by atoms with Crippen molar-refractivity contribution in [3.8, 4) is 17.6 Å². The lowest BCUT2D eigenvalue weighted by Gasteiger charge is -2.12. The molecular formula is C18H13ClN4O3. The summed E-state index contributed by atoms with van der Waals surface area (Å²) < 4.78 is 7.02. The fraction of sp³-hybridized carbons (Fsp3) is 0.111. The van der Waals surface area contributed by atoms with Crippen LogP contribution in [0.2, 0.25) is 5.02 Å². The Hall–Kier alpha value is -3.37. The molecule has 0 spiro atoms. The Morgan fingerprint density at radius 3 is 2.50 bits per heavy atom. The van der Waals surface area contributed by atoms with Gasteiger partial charge in [0, 0.05) is 5.02 Å². The van der Waals surface area contributed by atoms with Gasteiger partial charge in [-0.15, -0.1) is 5.10 Å². The van der Waals surface area contributed by atoms with Crippen LogP contribution in [0.4, 0.5) is 0 Å². The molecular weight excluding hydrogens is 356 g/mol.